The molecule has 34 heavy (non-hydrogen) atoms. The van der Waals surface area contributed by atoms with E-state index in [1.807, 2.05) is 24.7 Å². The third-order valence-electron chi connectivity index (χ3n) is 4.60. The first-order valence-electron chi connectivity index (χ1n) is 10.1. The monoisotopic (exact) mass is 489 g/mol. The van der Waals surface area contributed by atoms with Crippen LogP contribution in [0.5, 0.6) is 0 Å². The summed E-state index contributed by atoms with van der Waals surface area (Å²) in [5.41, 5.74) is 2.96. The first-order chi connectivity index (χ1) is 16.5. The number of anilines is 1. The number of carbonyl (C=O) groups is 2. The van der Waals surface area contributed by atoms with Gasteiger partial charge in [-0.1, -0.05) is 18.2 Å². The van der Waals surface area contributed by atoms with E-state index in [2.05, 4.69) is 15.4 Å². The largest absolute Gasteiger partial charge is 0.456 e. The molecule has 4 aromatic rings. The van der Waals surface area contributed by atoms with Gasteiger partial charge in [0.05, 0.1) is 34.8 Å². The Morgan fingerprint density at radius 2 is 2.09 bits per heavy atom. The number of esters is 1. The van der Waals surface area contributed by atoms with Gasteiger partial charge in [0, 0.05) is 34.8 Å². The Hall–Kier alpha value is -3.94. The van der Waals surface area contributed by atoms with Gasteiger partial charge in [0.25, 0.3) is 0 Å². The Kier molecular flexibility index (Phi) is 7.37. The van der Waals surface area contributed by atoms with Crippen LogP contribution in [0.25, 0.3) is 10.6 Å². The standard InChI is InChI=1S/C24H19N5O3S2/c1-29-12-17(11-26-29)23-28-19(14-34-23)13-32-24(31)20-7-2-3-8-21(20)33-15-22(30)27-18-6-4-5-16(9-18)10-25/h2-9,11-12,14H,13,15H2,1H3,(H,27,30). The Labute approximate surface area is 204 Å². The average molecular weight is 490 g/mol. The van der Waals surface area contributed by atoms with Crippen molar-refractivity contribution in [2.24, 2.45) is 7.05 Å². The van der Waals surface area contributed by atoms with E-state index in [0.29, 0.717) is 27.4 Å². The zero-order chi connectivity index (χ0) is 23.9. The number of aromatic nitrogens is 3. The fourth-order valence-electron chi connectivity index (χ4n) is 3.02. The van der Waals surface area contributed by atoms with E-state index in [9.17, 15) is 9.59 Å². The number of nitrogens with one attached hydrogen (secondary N) is 1. The SMILES string of the molecule is Cn1cc(-c2nc(COC(=O)c3ccccc3SCC(=O)Nc3cccc(C#N)c3)cs2)cn1. The number of thioether (sulfide) groups is 1. The molecule has 0 bridgehead atoms. The van der Waals surface area contributed by atoms with Gasteiger partial charge in [-0.2, -0.15) is 10.4 Å². The summed E-state index contributed by atoms with van der Waals surface area (Å²) < 4.78 is 7.18. The van der Waals surface area contributed by atoms with Gasteiger partial charge in [-0.15, -0.1) is 23.1 Å². The summed E-state index contributed by atoms with van der Waals surface area (Å²) in [5.74, 6) is -0.628. The van der Waals surface area contributed by atoms with E-state index >= 15 is 0 Å². The van der Waals surface area contributed by atoms with Gasteiger partial charge in [-0.3, -0.25) is 9.48 Å². The molecular formula is C24H19N5O3S2. The molecule has 4 rings (SSSR count). The lowest BCUT2D eigenvalue weighted by Gasteiger charge is -2.09. The van der Waals surface area contributed by atoms with Crippen LogP contribution in [0.2, 0.25) is 0 Å². The fraction of sp³-hybridized carbons (Fsp3) is 0.125. The maximum Gasteiger partial charge on any atom is 0.339 e. The minimum atomic E-state index is -0.485. The topological polar surface area (TPSA) is 110 Å². The maximum absolute atomic E-state index is 12.7. The van der Waals surface area contributed by atoms with Crippen LogP contribution in [-0.2, 0) is 23.2 Å². The first kappa shape index (κ1) is 23.2. The number of benzene rings is 2. The molecule has 0 aliphatic carbocycles. The molecule has 1 amide bonds. The number of aryl methyl sites for hydroxylation is 1. The van der Waals surface area contributed by atoms with Crippen molar-refractivity contribution in [1.29, 1.82) is 5.26 Å². The highest BCUT2D eigenvalue weighted by atomic mass is 32.2. The number of rotatable bonds is 8. The number of ether oxygens (including phenoxy) is 1. The maximum atomic E-state index is 12.7. The summed E-state index contributed by atoms with van der Waals surface area (Å²) in [5, 5.41) is 18.5. The van der Waals surface area contributed by atoms with Crippen LogP contribution >= 0.6 is 23.1 Å². The molecule has 0 atom stereocenters. The Morgan fingerprint density at radius 3 is 2.88 bits per heavy atom. The molecule has 0 unspecified atom stereocenters. The first-order valence-corrected chi connectivity index (χ1v) is 12.0. The minimum absolute atomic E-state index is 0.0459. The van der Waals surface area contributed by atoms with Crippen LogP contribution in [0.3, 0.4) is 0 Å². The van der Waals surface area contributed by atoms with Gasteiger partial charge >= 0.3 is 5.97 Å². The van der Waals surface area contributed by atoms with Crippen LogP contribution in [0.1, 0.15) is 21.6 Å². The number of hydrogen-bond donors (Lipinski definition) is 1. The normalized spacial score (nSPS) is 10.5. The number of amides is 1. The second-order valence-corrected chi connectivity index (χ2v) is 9.02. The Morgan fingerprint density at radius 1 is 1.24 bits per heavy atom. The average Bonchev–Trinajstić information content (AvgIpc) is 3.50. The van der Waals surface area contributed by atoms with E-state index in [1.54, 1.807) is 59.4 Å². The highest BCUT2D eigenvalue weighted by molar-refractivity contribution is 8.00. The van der Waals surface area contributed by atoms with Crippen LogP contribution in [-0.4, -0.2) is 32.4 Å². The van der Waals surface area contributed by atoms with Crippen LogP contribution in [0, 0.1) is 11.3 Å². The molecule has 0 aliphatic rings. The molecule has 2 aromatic heterocycles. The van der Waals surface area contributed by atoms with Gasteiger partial charge in [-0.25, -0.2) is 9.78 Å². The smallest absolute Gasteiger partial charge is 0.339 e. The molecule has 0 spiro atoms. The lowest BCUT2D eigenvalue weighted by atomic mass is 10.2. The molecule has 0 aliphatic heterocycles. The van der Waals surface area contributed by atoms with E-state index in [-0.39, 0.29) is 18.3 Å². The van der Waals surface area contributed by atoms with Crippen molar-refractivity contribution in [3.05, 3.63) is 83.1 Å². The van der Waals surface area contributed by atoms with Crippen molar-refractivity contribution < 1.29 is 14.3 Å². The van der Waals surface area contributed by atoms with Crippen molar-refractivity contribution in [3.8, 4) is 16.6 Å². The van der Waals surface area contributed by atoms with Gasteiger partial charge < -0.3 is 10.1 Å². The van der Waals surface area contributed by atoms with Crippen LogP contribution in [0.4, 0.5) is 5.69 Å². The molecule has 0 saturated carbocycles. The molecule has 8 nitrogen and oxygen atoms in total. The summed E-state index contributed by atoms with van der Waals surface area (Å²) in [6.07, 6.45) is 3.61. The molecule has 0 radical (unpaired) electrons. The zero-order valence-electron chi connectivity index (χ0n) is 18.1. The van der Waals surface area contributed by atoms with Crippen molar-refractivity contribution in [2.75, 3.05) is 11.1 Å². The highest BCUT2D eigenvalue weighted by Crippen LogP contribution is 2.26. The van der Waals surface area contributed by atoms with Crippen molar-refractivity contribution in [1.82, 2.24) is 14.8 Å². The van der Waals surface area contributed by atoms with E-state index in [0.717, 1.165) is 10.6 Å². The van der Waals surface area contributed by atoms with Crippen LogP contribution in [0.15, 0.2) is 71.2 Å². The van der Waals surface area contributed by atoms with E-state index in [4.69, 9.17) is 10.00 Å². The van der Waals surface area contributed by atoms with Crippen LogP contribution < -0.4 is 5.32 Å². The number of nitriles is 1. The summed E-state index contributed by atoms with van der Waals surface area (Å²) in [6, 6.07) is 15.7. The van der Waals surface area contributed by atoms with Gasteiger partial charge in [0.15, 0.2) is 0 Å². The van der Waals surface area contributed by atoms with Gasteiger partial charge in [0.2, 0.25) is 5.91 Å². The summed E-state index contributed by atoms with van der Waals surface area (Å²) in [6.45, 7) is 0.0459. The van der Waals surface area contributed by atoms with E-state index in [1.165, 1.54) is 23.1 Å². The van der Waals surface area contributed by atoms with Crippen molar-refractivity contribution in [2.45, 2.75) is 11.5 Å². The Bertz CT molecular complexity index is 1370. The molecule has 2 aromatic carbocycles. The second kappa shape index (κ2) is 10.8. The lowest BCUT2D eigenvalue weighted by Crippen LogP contribution is -2.14. The van der Waals surface area contributed by atoms with Gasteiger partial charge in [-0.05, 0) is 30.3 Å². The molecule has 10 heteroatoms. The molecule has 1 N–H and O–H groups in total. The molecule has 0 saturated heterocycles. The number of hydrogen-bond acceptors (Lipinski definition) is 8. The summed E-state index contributed by atoms with van der Waals surface area (Å²) in [7, 11) is 1.84. The minimum Gasteiger partial charge on any atom is -0.456 e. The highest BCUT2D eigenvalue weighted by Gasteiger charge is 2.16. The number of thiazole rings is 1. The quantitative estimate of drug-likeness (QED) is 0.287. The predicted molar refractivity (Wildman–Crippen MR) is 130 cm³/mol. The van der Waals surface area contributed by atoms with Gasteiger partial charge in [0.1, 0.15) is 11.6 Å². The lowest BCUT2D eigenvalue weighted by molar-refractivity contribution is -0.113. The third kappa shape index (κ3) is 5.89. The molecule has 170 valence electrons. The molecule has 2 heterocycles. The fourth-order valence-corrected chi connectivity index (χ4v) is 4.64. The summed E-state index contributed by atoms with van der Waals surface area (Å²) in [4.78, 5) is 30.2. The van der Waals surface area contributed by atoms with Crippen molar-refractivity contribution in [3.63, 3.8) is 0 Å². The molecular weight excluding hydrogens is 470 g/mol. The van der Waals surface area contributed by atoms with Crippen molar-refractivity contribution >= 4 is 40.7 Å². The summed E-state index contributed by atoms with van der Waals surface area (Å²) >= 11 is 2.70. The predicted octanol–water partition coefficient (Wildman–Crippen LogP) is 4.50. The second-order valence-electron chi connectivity index (χ2n) is 7.15. The van der Waals surface area contributed by atoms with E-state index < -0.39 is 5.97 Å². The third-order valence-corrected chi connectivity index (χ3v) is 6.61. The molecule has 0 fully saturated rings. The number of carbonyl (C=O) groups excluding carboxylic acids is 2. The Balaban J connectivity index is 1.34. The zero-order valence-corrected chi connectivity index (χ0v) is 19.7. The number of nitrogens with zero attached hydrogens (tertiary/aromatic N) is 4.